The van der Waals surface area contributed by atoms with Crippen LogP contribution in [0.3, 0.4) is 0 Å². The van der Waals surface area contributed by atoms with Crippen molar-refractivity contribution in [2.75, 3.05) is 18.4 Å². The van der Waals surface area contributed by atoms with E-state index in [1.165, 1.54) is 12.8 Å². The maximum atomic E-state index is 12.3. The number of nitrogens with one attached hydrogen (secondary N) is 3. The van der Waals surface area contributed by atoms with Gasteiger partial charge >= 0.3 is 0 Å². The largest absolute Gasteiger partial charge is 0.349 e. The van der Waals surface area contributed by atoms with Crippen LogP contribution in [0.15, 0.2) is 18.2 Å². The van der Waals surface area contributed by atoms with Gasteiger partial charge in [0, 0.05) is 23.2 Å². The Labute approximate surface area is 155 Å². The molecule has 2 aliphatic rings. The molecule has 1 atom stereocenters. The van der Waals surface area contributed by atoms with E-state index in [4.69, 9.17) is 0 Å². The lowest BCUT2D eigenvalue weighted by molar-refractivity contribution is -0.121. The van der Waals surface area contributed by atoms with Crippen LogP contribution >= 0.6 is 12.4 Å². The number of hydrogen-bond acceptors (Lipinski definition) is 3. The van der Waals surface area contributed by atoms with Crippen LogP contribution in [-0.4, -0.2) is 30.9 Å². The second-order valence-electron chi connectivity index (χ2n) is 7.18. The maximum Gasteiger partial charge on any atom is 0.251 e. The van der Waals surface area contributed by atoms with Crippen LogP contribution in [0.4, 0.5) is 5.69 Å². The number of aryl methyl sites for hydroxylation is 1. The molecule has 2 amide bonds. The monoisotopic (exact) mass is 365 g/mol. The third-order valence-electron chi connectivity index (χ3n) is 5.37. The van der Waals surface area contributed by atoms with Crippen LogP contribution in [0, 0.1) is 18.8 Å². The molecule has 5 nitrogen and oxygen atoms in total. The molecule has 3 rings (SSSR count). The van der Waals surface area contributed by atoms with Gasteiger partial charge in [0.05, 0.1) is 0 Å². The molecule has 0 aromatic heterocycles. The van der Waals surface area contributed by atoms with Gasteiger partial charge in [0.1, 0.15) is 0 Å². The minimum absolute atomic E-state index is 0. The van der Waals surface area contributed by atoms with Crippen LogP contribution in [0.5, 0.6) is 0 Å². The summed E-state index contributed by atoms with van der Waals surface area (Å²) in [7, 11) is 0. The van der Waals surface area contributed by atoms with Gasteiger partial charge in [-0.1, -0.05) is 19.8 Å². The molecule has 138 valence electrons. The highest BCUT2D eigenvalue weighted by atomic mass is 35.5. The second kappa shape index (κ2) is 8.68. The van der Waals surface area contributed by atoms with Crippen molar-refractivity contribution in [3.8, 4) is 0 Å². The van der Waals surface area contributed by atoms with Crippen molar-refractivity contribution in [3.05, 3.63) is 29.3 Å². The molecule has 1 unspecified atom stereocenters. The number of benzene rings is 1. The number of anilines is 1. The molecule has 0 bridgehead atoms. The predicted octanol–water partition coefficient (Wildman–Crippen LogP) is 2.88. The van der Waals surface area contributed by atoms with Crippen LogP contribution < -0.4 is 16.0 Å². The van der Waals surface area contributed by atoms with E-state index in [0.29, 0.717) is 17.5 Å². The number of carbonyl (C=O) groups is 2. The molecule has 1 aromatic rings. The first-order valence-corrected chi connectivity index (χ1v) is 8.97. The Morgan fingerprint density at radius 2 is 1.88 bits per heavy atom. The average molecular weight is 366 g/mol. The summed E-state index contributed by atoms with van der Waals surface area (Å²) in [5.74, 6) is 0.447. The van der Waals surface area contributed by atoms with Crippen molar-refractivity contribution in [2.24, 2.45) is 11.8 Å². The van der Waals surface area contributed by atoms with Gasteiger partial charge in [0.2, 0.25) is 5.91 Å². The molecule has 25 heavy (non-hydrogen) atoms. The lowest BCUT2D eigenvalue weighted by Gasteiger charge is -2.31. The summed E-state index contributed by atoms with van der Waals surface area (Å²) in [4.78, 5) is 24.7. The van der Waals surface area contributed by atoms with Gasteiger partial charge in [0.15, 0.2) is 0 Å². The van der Waals surface area contributed by atoms with Gasteiger partial charge in [0.25, 0.3) is 5.91 Å². The van der Waals surface area contributed by atoms with Crippen molar-refractivity contribution in [2.45, 2.75) is 45.6 Å². The van der Waals surface area contributed by atoms with E-state index in [0.717, 1.165) is 37.2 Å². The zero-order chi connectivity index (χ0) is 17.1. The number of amides is 2. The lowest BCUT2D eigenvalue weighted by atomic mass is 9.88. The van der Waals surface area contributed by atoms with Crippen LogP contribution in [0.1, 0.15) is 48.5 Å². The fraction of sp³-hybridized carbons (Fsp3) is 0.579. The summed E-state index contributed by atoms with van der Waals surface area (Å²) in [6, 6.07) is 5.80. The van der Waals surface area contributed by atoms with E-state index in [1.807, 2.05) is 26.0 Å². The highest BCUT2D eigenvalue weighted by Crippen LogP contribution is 2.22. The third-order valence-corrected chi connectivity index (χ3v) is 5.37. The molecule has 1 aliphatic heterocycles. The van der Waals surface area contributed by atoms with Crippen LogP contribution in [0.25, 0.3) is 0 Å². The first-order valence-electron chi connectivity index (χ1n) is 8.97. The van der Waals surface area contributed by atoms with E-state index < -0.39 is 0 Å². The van der Waals surface area contributed by atoms with Gasteiger partial charge in [-0.15, -0.1) is 12.4 Å². The Balaban J connectivity index is 0.00000225. The van der Waals surface area contributed by atoms with E-state index in [-0.39, 0.29) is 30.1 Å². The summed E-state index contributed by atoms with van der Waals surface area (Å²) in [6.45, 7) is 5.72. The molecule has 6 heteroatoms. The second-order valence-corrected chi connectivity index (χ2v) is 7.18. The third kappa shape index (κ3) is 4.73. The Morgan fingerprint density at radius 3 is 2.44 bits per heavy atom. The van der Waals surface area contributed by atoms with Crippen molar-refractivity contribution in [3.63, 3.8) is 0 Å². The zero-order valence-corrected chi connectivity index (χ0v) is 15.7. The predicted molar refractivity (Wildman–Crippen MR) is 102 cm³/mol. The van der Waals surface area contributed by atoms with Crippen molar-refractivity contribution < 1.29 is 9.59 Å². The summed E-state index contributed by atoms with van der Waals surface area (Å²) in [5, 5.41) is 9.29. The molecule has 1 saturated heterocycles. The Kier molecular flexibility index (Phi) is 6.85. The van der Waals surface area contributed by atoms with E-state index in [2.05, 4.69) is 16.0 Å². The SMILES string of the molecule is Cc1cc(C(=O)NC2CCCC2)ccc1NC(=O)C(C)C1CNC1.Cl. The minimum Gasteiger partial charge on any atom is -0.349 e. The van der Waals surface area contributed by atoms with Gasteiger partial charge < -0.3 is 16.0 Å². The molecule has 1 saturated carbocycles. The number of carbonyl (C=O) groups excluding carboxylic acids is 2. The van der Waals surface area contributed by atoms with Gasteiger partial charge in [-0.3, -0.25) is 9.59 Å². The van der Waals surface area contributed by atoms with Gasteiger partial charge in [-0.05, 0) is 62.5 Å². The van der Waals surface area contributed by atoms with E-state index in [9.17, 15) is 9.59 Å². The Morgan fingerprint density at radius 1 is 1.20 bits per heavy atom. The Bertz CT molecular complexity index is 625. The van der Waals surface area contributed by atoms with E-state index >= 15 is 0 Å². The fourth-order valence-corrected chi connectivity index (χ4v) is 3.41. The molecular weight excluding hydrogens is 338 g/mol. The highest BCUT2D eigenvalue weighted by molar-refractivity contribution is 5.97. The van der Waals surface area contributed by atoms with Crippen molar-refractivity contribution in [1.82, 2.24) is 10.6 Å². The molecule has 0 radical (unpaired) electrons. The maximum absolute atomic E-state index is 12.3. The lowest BCUT2D eigenvalue weighted by Crippen LogP contribution is -2.48. The Hall–Kier alpha value is -1.59. The first-order chi connectivity index (χ1) is 11.5. The normalized spacial score (nSPS) is 18.8. The summed E-state index contributed by atoms with van der Waals surface area (Å²) >= 11 is 0. The standard InChI is InChI=1S/C19H27N3O2.ClH/c1-12-9-14(19(24)21-16-5-3-4-6-16)7-8-17(12)22-18(23)13(2)15-10-20-11-15;/h7-9,13,15-16,20H,3-6,10-11H2,1-2H3,(H,21,24)(H,22,23);1H. The zero-order valence-electron chi connectivity index (χ0n) is 14.9. The summed E-state index contributed by atoms with van der Waals surface area (Å²) < 4.78 is 0. The molecule has 1 aliphatic carbocycles. The van der Waals surface area contributed by atoms with Crippen LogP contribution in [0.2, 0.25) is 0 Å². The number of hydrogen-bond donors (Lipinski definition) is 3. The molecule has 2 fully saturated rings. The molecule has 3 N–H and O–H groups in total. The molecular formula is C19H28ClN3O2. The summed E-state index contributed by atoms with van der Waals surface area (Å²) in [6.07, 6.45) is 4.55. The quantitative estimate of drug-likeness (QED) is 0.751. The van der Waals surface area contributed by atoms with Gasteiger partial charge in [-0.2, -0.15) is 0 Å². The highest BCUT2D eigenvalue weighted by Gasteiger charge is 2.29. The van der Waals surface area contributed by atoms with E-state index in [1.54, 1.807) is 6.07 Å². The fourth-order valence-electron chi connectivity index (χ4n) is 3.41. The van der Waals surface area contributed by atoms with Crippen molar-refractivity contribution in [1.29, 1.82) is 0 Å². The molecule has 0 spiro atoms. The molecule has 1 heterocycles. The topological polar surface area (TPSA) is 70.2 Å². The number of rotatable bonds is 5. The first kappa shape index (κ1) is 19.7. The smallest absolute Gasteiger partial charge is 0.251 e. The van der Waals surface area contributed by atoms with Crippen molar-refractivity contribution >= 4 is 29.9 Å². The minimum atomic E-state index is -0.0169. The summed E-state index contributed by atoms with van der Waals surface area (Å²) in [5.41, 5.74) is 2.37. The van der Waals surface area contributed by atoms with Crippen LogP contribution in [-0.2, 0) is 4.79 Å². The molecule has 1 aromatic carbocycles. The number of halogens is 1. The van der Waals surface area contributed by atoms with Gasteiger partial charge in [-0.25, -0.2) is 0 Å². The average Bonchev–Trinajstić information content (AvgIpc) is 3.00.